The maximum atomic E-state index is 10.8. The van der Waals surface area contributed by atoms with Gasteiger partial charge in [0.2, 0.25) is 0 Å². The molecule has 2 aromatic rings. The molecule has 0 fully saturated rings. The number of benzene rings is 2. The van der Waals surface area contributed by atoms with Crippen molar-refractivity contribution in [3.05, 3.63) is 73.8 Å². The maximum absolute atomic E-state index is 10.8. The molecule has 0 aliphatic carbocycles. The van der Waals surface area contributed by atoms with E-state index in [4.69, 9.17) is 4.74 Å². The Hall–Kier alpha value is -2.96. The van der Waals surface area contributed by atoms with Crippen molar-refractivity contribution in [3.63, 3.8) is 0 Å². The van der Waals surface area contributed by atoms with Gasteiger partial charge in [-0.15, -0.1) is 0 Å². The Bertz CT molecular complexity index is 700. The van der Waals surface area contributed by atoms with E-state index in [1.807, 2.05) is 0 Å². The first-order valence-electron chi connectivity index (χ1n) is 6.09. The van der Waals surface area contributed by atoms with Crippen LogP contribution in [-0.4, -0.2) is 9.85 Å². The van der Waals surface area contributed by atoms with Crippen LogP contribution in [0.3, 0.4) is 0 Å². The highest BCUT2D eigenvalue weighted by Gasteiger charge is 2.14. The normalized spacial score (nSPS) is 10.1. The second kappa shape index (κ2) is 6.00. The molecule has 0 saturated heterocycles. The van der Waals surface area contributed by atoms with E-state index in [0.29, 0.717) is 16.9 Å². The van der Waals surface area contributed by atoms with Gasteiger partial charge in [0.15, 0.2) is 0 Å². The minimum absolute atomic E-state index is 0.0214. The monoisotopic (exact) mass is 288 g/mol. The summed E-state index contributed by atoms with van der Waals surface area (Å²) in [5.74, 6) is 0.385. The van der Waals surface area contributed by atoms with Crippen molar-refractivity contribution in [2.24, 2.45) is 0 Å². The summed E-state index contributed by atoms with van der Waals surface area (Å²) < 4.78 is 5.52. The van der Waals surface area contributed by atoms with Crippen molar-refractivity contribution in [2.75, 3.05) is 0 Å². The first-order chi connectivity index (χ1) is 9.99. The SMILES string of the molecule is Cc1c(OCc2cccc([N+](=O)[O-])c2)cccc1[N+](=O)[O-]. The zero-order valence-corrected chi connectivity index (χ0v) is 11.2. The minimum Gasteiger partial charge on any atom is -0.488 e. The van der Waals surface area contributed by atoms with Gasteiger partial charge < -0.3 is 4.74 Å². The summed E-state index contributed by atoms with van der Waals surface area (Å²) in [6.45, 7) is 1.70. The van der Waals surface area contributed by atoms with Crippen LogP contribution in [0.2, 0.25) is 0 Å². The van der Waals surface area contributed by atoms with Gasteiger partial charge in [0.25, 0.3) is 11.4 Å². The van der Waals surface area contributed by atoms with Gasteiger partial charge in [-0.25, -0.2) is 0 Å². The van der Waals surface area contributed by atoms with Gasteiger partial charge in [-0.1, -0.05) is 18.2 Å². The van der Waals surface area contributed by atoms with Gasteiger partial charge in [-0.05, 0) is 18.6 Å². The van der Waals surface area contributed by atoms with Crippen LogP contribution in [0.5, 0.6) is 5.75 Å². The lowest BCUT2D eigenvalue weighted by Crippen LogP contribution is -2.00. The molecule has 108 valence electrons. The fraction of sp³-hybridized carbons (Fsp3) is 0.143. The quantitative estimate of drug-likeness (QED) is 0.620. The van der Waals surface area contributed by atoms with Crippen molar-refractivity contribution < 1.29 is 14.6 Å². The molecular formula is C14H12N2O5. The molecule has 0 bridgehead atoms. The van der Waals surface area contributed by atoms with E-state index in [1.165, 1.54) is 24.3 Å². The Balaban J connectivity index is 2.17. The third-order valence-corrected chi connectivity index (χ3v) is 2.97. The Kier molecular flexibility index (Phi) is 4.13. The molecule has 0 radical (unpaired) electrons. The predicted molar refractivity (Wildman–Crippen MR) is 75.3 cm³/mol. The lowest BCUT2D eigenvalue weighted by atomic mass is 10.2. The molecule has 7 heteroatoms. The van der Waals surface area contributed by atoms with Crippen LogP contribution in [0.15, 0.2) is 42.5 Å². The molecule has 0 aliphatic heterocycles. The van der Waals surface area contributed by atoms with Gasteiger partial charge in [0, 0.05) is 18.2 Å². The summed E-state index contributed by atoms with van der Waals surface area (Å²) in [7, 11) is 0. The van der Waals surface area contributed by atoms with Crippen LogP contribution in [-0.2, 0) is 6.61 Å². The molecule has 21 heavy (non-hydrogen) atoms. The smallest absolute Gasteiger partial charge is 0.276 e. The Morgan fingerprint density at radius 3 is 2.43 bits per heavy atom. The standard InChI is InChI=1S/C14H12N2O5/c1-10-13(16(19)20)6-3-7-14(10)21-9-11-4-2-5-12(8-11)15(17)18/h2-8H,9H2,1H3. The number of hydrogen-bond acceptors (Lipinski definition) is 5. The van der Waals surface area contributed by atoms with Crippen LogP contribution in [0.1, 0.15) is 11.1 Å². The van der Waals surface area contributed by atoms with E-state index >= 15 is 0 Å². The summed E-state index contributed by atoms with van der Waals surface area (Å²) in [4.78, 5) is 20.6. The Morgan fingerprint density at radius 2 is 1.76 bits per heavy atom. The predicted octanol–water partition coefficient (Wildman–Crippen LogP) is 3.39. The highest BCUT2D eigenvalue weighted by Crippen LogP contribution is 2.27. The molecule has 0 saturated carbocycles. The molecule has 0 aromatic heterocycles. The van der Waals surface area contributed by atoms with E-state index in [2.05, 4.69) is 0 Å². The lowest BCUT2D eigenvalue weighted by molar-refractivity contribution is -0.385. The van der Waals surface area contributed by atoms with Gasteiger partial charge in [-0.2, -0.15) is 0 Å². The van der Waals surface area contributed by atoms with E-state index in [-0.39, 0.29) is 18.0 Å². The number of ether oxygens (including phenoxy) is 1. The lowest BCUT2D eigenvalue weighted by Gasteiger charge is -2.09. The van der Waals surface area contributed by atoms with Gasteiger partial charge in [-0.3, -0.25) is 20.2 Å². The van der Waals surface area contributed by atoms with Gasteiger partial charge >= 0.3 is 0 Å². The number of nitro benzene ring substituents is 2. The fourth-order valence-corrected chi connectivity index (χ4v) is 1.88. The first-order valence-corrected chi connectivity index (χ1v) is 6.09. The summed E-state index contributed by atoms with van der Waals surface area (Å²) in [6.07, 6.45) is 0. The molecular weight excluding hydrogens is 276 g/mol. The number of nitro groups is 2. The summed E-state index contributed by atoms with van der Waals surface area (Å²) >= 11 is 0. The van der Waals surface area contributed by atoms with Crippen molar-refractivity contribution in [1.82, 2.24) is 0 Å². The van der Waals surface area contributed by atoms with Crippen molar-refractivity contribution in [2.45, 2.75) is 13.5 Å². The Morgan fingerprint density at radius 1 is 1.05 bits per heavy atom. The Labute approximate surface area is 120 Å². The van der Waals surface area contributed by atoms with Crippen LogP contribution in [0.4, 0.5) is 11.4 Å². The molecule has 0 spiro atoms. The third-order valence-electron chi connectivity index (χ3n) is 2.97. The molecule has 2 aromatic carbocycles. The van der Waals surface area contributed by atoms with E-state index < -0.39 is 9.85 Å². The summed E-state index contributed by atoms with van der Waals surface area (Å²) in [5.41, 5.74) is 1.00. The number of rotatable bonds is 5. The summed E-state index contributed by atoms with van der Waals surface area (Å²) in [6, 6.07) is 10.6. The molecule has 0 atom stereocenters. The van der Waals surface area contributed by atoms with Crippen LogP contribution in [0, 0.1) is 27.2 Å². The molecule has 2 rings (SSSR count). The summed E-state index contributed by atoms with van der Waals surface area (Å²) in [5, 5.41) is 21.5. The van der Waals surface area contributed by atoms with Crippen molar-refractivity contribution >= 4 is 11.4 Å². The molecule has 0 amide bonds. The number of non-ortho nitro benzene ring substituents is 1. The third kappa shape index (κ3) is 3.33. The second-order valence-corrected chi connectivity index (χ2v) is 4.37. The number of hydrogen-bond donors (Lipinski definition) is 0. The van der Waals surface area contributed by atoms with Gasteiger partial charge in [0.1, 0.15) is 12.4 Å². The molecule has 0 aliphatic rings. The highest BCUT2D eigenvalue weighted by atomic mass is 16.6. The average Bonchev–Trinajstić information content (AvgIpc) is 2.46. The maximum Gasteiger partial charge on any atom is 0.276 e. The van der Waals surface area contributed by atoms with Crippen LogP contribution < -0.4 is 4.74 Å². The largest absolute Gasteiger partial charge is 0.488 e. The van der Waals surface area contributed by atoms with Crippen molar-refractivity contribution in [3.8, 4) is 5.75 Å². The van der Waals surface area contributed by atoms with E-state index in [9.17, 15) is 20.2 Å². The highest BCUT2D eigenvalue weighted by molar-refractivity contribution is 5.48. The molecule has 0 N–H and O–H groups in total. The van der Waals surface area contributed by atoms with Crippen LogP contribution in [0.25, 0.3) is 0 Å². The number of nitrogens with zero attached hydrogens (tertiary/aromatic N) is 2. The van der Waals surface area contributed by atoms with Crippen molar-refractivity contribution in [1.29, 1.82) is 0 Å². The van der Waals surface area contributed by atoms with E-state index in [0.717, 1.165) is 0 Å². The first kappa shape index (κ1) is 14.4. The zero-order chi connectivity index (χ0) is 15.4. The topological polar surface area (TPSA) is 95.5 Å². The van der Waals surface area contributed by atoms with E-state index in [1.54, 1.807) is 25.1 Å². The minimum atomic E-state index is -0.484. The second-order valence-electron chi connectivity index (χ2n) is 4.37. The average molecular weight is 288 g/mol. The zero-order valence-electron chi connectivity index (χ0n) is 11.2. The molecule has 0 heterocycles. The molecule has 7 nitrogen and oxygen atoms in total. The van der Waals surface area contributed by atoms with Crippen LogP contribution >= 0.6 is 0 Å². The fourth-order valence-electron chi connectivity index (χ4n) is 1.88. The van der Waals surface area contributed by atoms with Gasteiger partial charge in [0.05, 0.1) is 15.4 Å². The molecule has 0 unspecified atom stereocenters.